The molecule has 2 rings (SSSR count). The zero-order valence-corrected chi connectivity index (χ0v) is 14.0. The first-order valence-corrected chi connectivity index (χ1v) is 8.29. The maximum absolute atomic E-state index is 6.66. The number of likely N-dealkylation sites (N-methyl/N-ethyl adjacent to an activating group) is 1. The molecule has 0 aliphatic heterocycles. The zero-order chi connectivity index (χ0) is 15.5. The molecule has 120 valence electrons. The van der Waals surface area contributed by atoms with E-state index in [1.54, 1.807) is 6.33 Å². The lowest BCUT2D eigenvalue weighted by Gasteiger charge is -2.48. The Bertz CT molecular complexity index is 432. The number of hydrogen-bond acceptors (Lipinski definition) is 4. The van der Waals surface area contributed by atoms with Crippen molar-refractivity contribution < 1.29 is 0 Å². The summed E-state index contributed by atoms with van der Waals surface area (Å²) < 4.78 is 2.01. The lowest BCUT2D eigenvalue weighted by atomic mass is 9.71. The third kappa shape index (κ3) is 3.46. The van der Waals surface area contributed by atoms with E-state index in [9.17, 15) is 0 Å². The van der Waals surface area contributed by atoms with Gasteiger partial charge in [0.05, 0.1) is 0 Å². The van der Waals surface area contributed by atoms with Crippen LogP contribution in [0.15, 0.2) is 6.33 Å². The molecule has 0 spiro atoms. The van der Waals surface area contributed by atoms with Crippen LogP contribution in [-0.4, -0.2) is 45.3 Å². The minimum atomic E-state index is 0.107. The maximum atomic E-state index is 6.66. The Balaban J connectivity index is 2.12. The Hall–Kier alpha value is -0.940. The van der Waals surface area contributed by atoms with Gasteiger partial charge in [0.2, 0.25) is 0 Å². The van der Waals surface area contributed by atoms with E-state index in [2.05, 4.69) is 42.9 Å². The van der Waals surface area contributed by atoms with Crippen LogP contribution in [0.1, 0.15) is 51.8 Å². The molecule has 0 amide bonds. The van der Waals surface area contributed by atoms with E-state index in [1.807, 2.05) is 4.68 Å². The van der Waals surface area contributed by atoms with Crippen molar-refractivity contribution in [2.75, 3.05) is 14.1 Å². The van der Waals surface area contributed by atoms with Crippen LogP contribution < -0.4 is 5.73 Å². The Labute approximate surface area is 128 Å². The molecule has 1 atom stereocenters. The van der Waals surface area contributed by atoms with Gasteiger partial charge in [0.15, 0.2) is 0 Å². The monoisotopic (exact) mass is 293 g/mol. The van der Waals surface area contributed by atoms with Crippen molar-refractivity contribution in [1.29, 1.82) is 0 Å². The maximum Gasteiger partial charge on any atom is 0.138 e. The summed E-state index contributed by atoms with van der Waals surface area (Å²) >= 11 is 0. The largest absolute Gasteiger partial charge is 0.326 e. The summed E-state index contributed by atoms with van der Waals surface area (Å²) in [6.45, 7) is 5.44. The van der Waals surface area contributed by atoms with Gasteiger partial charge >= 0.3 is 0 Å². The van der Waals surface area contributed by atoms with E-state index in [0.29, 0.717) is 0 Å². The molecule has 1 unspecified atom stereocenters. The highest BCUT2D eigenvalue weighted by atomic mass is 15.3. The average molecular weight is 293 g/mol. The molecule has 1 aliphatic rings. The summed E-state index contributed by atoms with van der Waals surface area (Å²) in [5, 5.41) is 4.32. The fourth-order valence-electron chi connectivity index (χ4n) is 3.64. The Morgan fingerprint density at radius 2 is 2.10 bits per heavy atom. The molecule has 21 heavy (non-hydrogen) atoms. The van der Waals surface area contributed by atoms with Crippen molar-refractivity contribution in [2.24, 2.45) is 11.7 Å². The predicted octanol–water partition coefficient (Wildman–Crippen LogP) is 2.07. The van der Waals surface area contributed by atoms with Crippen molar-refractivity contribution in [3.63, 3.8) is 0 Å². The van der Waals surface area contributed by atoms with E-state index in [1.165, 1.54) is 25.7 Å². The van der Waals surface area contributed by atoms with Crippen LogP contribution in [0, 0.1) is 5.92 Å². The number of hydrogen-bond donors (Lipinski definition) is 1. The fourth-order valence-corrected chi connectivity index (χ4v) is 3.64. The summed E-state index contributed by atoms with van der Waals surface area (Å²) in [6.07, 6.45) is 8.45. The molecule has 0 saturated heterocycles. The van der Waals surface area contributed by atoms with Gasteiger partial charge in [0.25, 0.3) is 0 Å². The molecule has 1 heterocycles. The molecule has 1 aromatic rings. The molecule has 1 fully saturated rings. The van der Waals surface area contributed by atoms with Crippen LogP contribution >= 0.6 is 0 Å². The van der Waals surface area contributed by atoms with Crippen molar-refractivity contribution >= 4 is 0 Å². The number of nitrogens with two attached hydrogens (primary N) is 1. The molecule has 0 aromatic carbocycles. The summed E-state index contributed by atoms with van der Waals surface area (Å²) in [6, 6.07) is 0.111. The third-order valence-corrected chi connectivity index (χ3v) is 5.25. The molecule has 1 saturated carbocycles. The van der Waals surface area contributed by atoms with Crippen LogP contribution in [0.5, 0.6) is 0 Å². The van der Waals surface area contributed by atoms with Gasteiger partial charge in [-0.05, 0) is 52.1 Å². The second-order valence-electron chi connectivity index (χ2n) is 6.89. The van der Waals surface area contributed by atoms with E-state index in [-0.39, 0.29) is 11.6 Å². The normalized spacial score (nSPS) is 28.0. The Morgan fingerprint density at radius 1 is 1.43 bits per heavy atom. The molecule has 1 aromatic heterocycles. The average Bonchev–Trinajstić information content (AvgIpc) is 2.87. The van der Waals surface area contributed by atoms with Gasteiger partial charge in [-0.25, -0.2) is 4.98 Å². The highest BCUT2D eigenvalue weighted by Gasteiger charge is 2.41. The number of aryl methyl sites for hydroxylation is 1. The van der Waals surface area contributed by atoms with Crippen LogP contribution in [0.4, 0.5) is 0 Å². The number of rotatable bonds is 6. The SMILES string of the molecule is CCCn1ncnc1CC(N)C1(N(C)C)CCC(C)CC1. The van der Waals surface area contributed by atoms with E-state index in [0.717, 1.165) is 31.1 Å². The fraction of sp³-hybridized carbons (Fsp3) is 0.875. The van der Waals surface area contributed by atoms with Crippen LogP contribution in [0.2, 0.25) is 0 Å². The first-order chi connectivity index (χ1) is 9.99. The Morgan fingerprint density at radius 3 is 2.67 bits per heavy atom. The summed E-state index contributed by atoms with van der Waals surface area (Å²) in [5.74, 6) is 1.86. The second-order valence-corrected chi connectivity index (χ2v) is 6.89. The summed E-state index contributed by atoms with van der Waals surface area (Å²) in [4.78, 5) is 6.78. The van der Waals surface area contributed by atoms with Crippen LogP contribution in [0.25, 0.3) is 0 Å². The molecule has 5 heteroatoms. The third-order valence-electron chi connectivity index (χ3n) is 5.25. The van der Waals surface area contributed by atoms with Crippen LogP contribution in [0.3, 0.4) is 0 Å². The van der Waals surface area contributed by atoms with E-state index >= 15 is 0 Å². The van der Waals surface area contributed by atoms with Gasteiger partial charge in [0.1, 0.15) is 12.2 Å². The van der Waals surface area contributed by atoms with Gasteiger partial charge in [-0.3, -0.25) is 4.68 Å². The van der Waals surface area contributed by atoms with E-state index in [4.69, 9.17) is 5.73 Å². The quantitative estimate of drug-likeness (QED) is 0.872. The molecule has 0 bridgehead atoms. The predicted molar refractivity (Wildman–Crippen MR) is 86.0 cm³/mol. The molecular weight excluding hydrogens is 262 g/mol. The minimum Gasteiger partial charge on any atom is -0.326 e. The standard InChI is InChI=1S/C16H31N5/c1-5-10-21-15(18-12-19-21)11-14(17)16(20(3)4)8-6-13(2)7-9-16/h12-14H,5-11,17H2,1-4H3. The zero-order valence-electron chi connectivity index (χ0n) is 14.0. The molecular formula is C16H31N5. The van der Waals surface area contributed by atoms with E-state index < -0.39 is 0 Å². The summed E-state index contributed by atoms with van der Waals surface area (Å²) in [5.41, 5.74) is 6.77. The van der Waals surface area contributed by atoms with Crippen LogP contribution in [-0.2, 0) is 13.0 Å². The highest BCUT2D eigenvalue weighted by Crippen LogP contribution is 2.37. The minimum absolute atomic E-state index is 0.107. The number of nitrogens with zero attached hydrogens (tertiary/aromatic N) is 4. The topological polar surface area (TPSA) is 60.0 Å². The van der Waals surface area contributed by atoms with Crippen molar-refractivity contribution in [3.8, 4) is 0 Å². The highest BCUT2D eigenvalue weighted by molar-refractivity contribution is 5.04. The summed E-state index contributed by atoms with van der Waals surface area (Å²) in [7, 11) is 4.35. The van der Waals surface area contributed by atoms with Crippen molar-refractivity contribution in [3.05, 3.63) is 12.2 Å². The van der Waals surface area contributed by atoms with Gasteiger partial charge in [-0.15, -0.1) is 0 Å². The van der Waals surface area contributed by atoms with Gasteiger partial charge in [-0.1, -0.05) is 13.8 Å². The smallest absolute Gasteiger partial charge is 0.138 e. The first kappa shape index (κ1) is 16.4. The molecule has 2 N–H and O–H groups in total. The lowest BCUT2D eigenvalue weighted by molar-refractivity contribution is 0.0559. The van der Waals surface area contributed by atoms with Crippen molar-refractivity contribution in [1.82, 2.24) is 19.7 Å². The Kier molecular flexibility index (Phi) is 5.38. The first-order valence-electron chi connectivity index (χ1n) is 8.29. The van der Waals surface area contributed by atoms with Crippen molar-refractivity contribution in [2.45, 2.75) is 70.5 Å². The van der Waals surface area contributed by atoms with Gasteiger partial charge in [-0.2, -0.15) is 5.10 Å². The second kappa shape index (κ2) is 6.88. The molecule has 1 aliphatic carbocycles. The van der Waals surface area contributed by atoms with Gasteiger partial charge < -0.3 is 10.6 Å². The lowest BCUT2D eigenvalue weighted by Crippen LogP contribution is -2.60. The molecule has 5 nitrogen and oxygen atoms in total. The molecule has 0 radical (unpaired) electrons. The number of aromatic nitrogens is 3. The van der Waals surface area contributed by atoms with Gasteiger partial charge in [0, 0.05) is 24.5 Å².